The highest BCUT2D eigenvalue weighted by Gasteiger charge is 2.44. The lowest BCUT2D eigenvalue weighted by molar-refractivity contribution is 0.488. The summed E-state index contributed by atoms with van der Waals surface area (Å²) in [6.45, 7) is 4.34. The first kappa shape index (κ1) is 46.2. The van der Waals surface area contributed by atoms with E-state index in [0.717, 1.165) is 118 Å². The maximum Gasteiger partial charge on any atom is 0.256 e. The minimum absolute atomic E-state index is 0.209. The number of nitriles is 2. The van der Waals surface area contributed by atoms with Crippen molar-refractivity contribution < 1.29 is 4.74 Å². The Labute approximate surface area is 455 Å². The highest BCUT2D eigenvalue weighted by molar-refractivity contribution is 6.99. The molecule has 6 nitrogen and oxygen atoms in total. The molecular weight excluding hydrogens is 950 g/mol. The van der Waals surface area contributed by atoms with Gasteiger partial charge >= 0.3 is 0 Å². The molecule has 78 heavy (non-hydrogen) atoms. The van der Waals surface area contributed by atoms with Crippen LogP contribution in [0.15, 0.2) is 255 Å². The largest absolute Gasteiger partial charge is 0.458 e. The third-order valence-electron chi connectivity index (χ3n) is 15.9. The summed E-state index contributed by atoms with van der Waals surface area (Å²) in [5.41, 5.74) is 21.6. The number of fused-ring (bicyclic) bond motifs is 6. The molecule has 0 saturated heterocycles. The molecule has 3 aliphatic rings. The fourth-order valence-corrected chi connectivity index (χ4v) is 12.4. The van der Waals surface area contributed by atoms with Crippen LogP contribution in [0.3, 0.4) is 0 Å². The summed E-state index contributed by atoms with van der Waals surface area (Å²) in [5.74, 6) is 1.54. The number of ether oxygens (including phenoxy) is 1. The fourth-order valence-electron chi connectivity index (χ4n) is 12.4. The molecule has 0 aromatic heterocycles. The van der Waals surface area contributed by atoms with Gasteiger partial charge in [0.2, 0.25) is 0 Å². The molecule has 0 fully saturated rings. The van der Waals surface area contributed by atoms with Crippen molar-refractivity contribution in [1.82, 2.24) is 0 Å². The van der Waals surface area contributed by atoms with E-state index < -0.39 is 5.41 Å². The van der Waals surface area contributed by atoms with Crippen molar-refractivity contribution in [3.05, 3.63) is 277 Å². The molecule has 3 aliphatic heterocycles. The standard InChI is InChI=1S/C71H48BN5O/c1-71(2)58-29-16-18-31-64(58)76(54-26-13-6-14-27-54)70-57(41-48(46-74)42-59(70)71)50-35-37-60-66(43-50)77(62-30-17-15-28-55(62)49-20-7-3-8-21-49)65-32-19-33-67-69(65)72(60)61-38-36-51(44-68(61)78-67)56-40-47(45-73)34-39-63(56)75(52-22-9-4-10-23-52)53-24-11-5-12-25-53/h3-44H,1-2H3. The van der Waals surface area contributed by atoms with Crippen LogP contribution < -0.4 is 35.8 Å². The van der Waals surface area contributed by atoms with Crippen molar-refractivity contribution in [1.29, 1.82) is 10.5 Å². The summed E-state index contributed by atoms with van der Waals surface area (Å²) in [4.78, 5) is 7.06. The molecule has 14 rings (SSSR count). The topological polar surface area (TPSA) is 66.5 Å². The van der Waals surface area contributed by atoms with Crippen LogP contribution in [0.2, 0.25) is 0 Å². The third kappa shape index (κ3) is 7.40. The molecule has 0 N–H and O–H groups in total. The Morgan fingerprint density at radius 3 is 1.74 bits per heavy atom. The Hall–Kier alpha value is -10.3. The van der Waals surface area contributed by atoms with Gasteiger partial charge in [0.1, 0.15) is 11.5 Å². The van der Waals surface area contributed by atoms with Gasteiger partial charge in [0, 0.05) is 50.5 Å². The third-order valence-corrected chi connectivity index (χ3v) is 15.9. The van der Waals surface area contributed by atoms with Crippen LogP contribution in [0, 0.1) is 22.7 Å². The molecule has 11 aromatic carbocycles. The number of hydrogen-bond acceptors (Lipinski definition) is 6. The zero-order chi connectivity index (χ0) is 52.5. The Morgan fingerprint density at radius 2 is 1.03 bits per heavy atom. The van der Waals surface area contributed by atoms with Crippen LogP contribution in [-0.2, 0) is 5.41 Å². The van der Waals surface area contributed by atoms with Gasteiger partial charge in [0.05, 0.1) is 46.0 Å². The van der Waals surface area contributed by atoms with Crippen molar-refractivity contribution >= 4 is 74.3 Å². The summed E-state index contributed by atoms with van der Waals surface area (Å²) in [6.07, 6.45) is 0. The first-order chi connectivity index (χ1) is 38.4. The van der Waals surface area contributed by atoms with E-state index >= 15 is 0 Å². The zero-order valence-electron chi connectivity index (χ0n) is 43.0. The summed E-state index contributed by atoms with van der Waals surface area (Å²) in [6, 6.07) is 94.2. The predicted octanol–water partition coefficient (Wildman–Crippen LogP) is 16.4. The average molecular weight is 998 g/mol. The molecule has 3 heterocycles. The summed E-state index contributed by atoms with van der Waals surface area (Å²) >= 11 is 0. The first-order valence-electron chi connectivity index (χ1n) is 26.4. The van der Waals surface area contributed by atoms with Crippen LogP contribution in [0.25, 0.3) is 33.4 Å². The van der Waals surface area contributed by atoms with Crippen LogP contribution in [0.5, 0.6) is 11.5 Å². The molecule has 0 unspecified atom stereocenters. The van der Waals surface area contributed by atoms with Gasteiger partial charge in [0.25, 0.3) is 6.71 Å². The lowest BCUT2D eigenvalue weighted by Crippen LogP contribution is -2.59. The molecular formula is C71H48BN5O. The fraction of sp³-hybridized carbons (Fsp3) is 0.0423. The quantitative estimate of drug-likeness (QED) is 0.141. The van der Waals surface area contributed by atoms with E-state index in [1.165, 1.54) is 5.56 Å². The summed E-state index contributed by atoms with van der Waals surface area (Å²) < 4.78 is 7.17. The van der Waals surface area contributed by atoms with E-state index in [0.29, 0.717) is 11.1 Å². The van der Waals surface area contributed by atoms with Gasteiger partial charge < -0.3 is 19.4 Å². The number of para-hydroxylation sites is 5. The van der Waals surface area contributed by atoms with E-state index in [1.54, 1.807) is 0 Å². The van der Waals surface area contributed by atoms with E-state index in [9.17, 15) is 10.5 Å². The Kier molecular flexibility index (Phi) is 11.0. The summed E-state index contributed by atoms with van der Waals surface area (Å²) in [5, 5.41) is 21.2. The second kappa shape index (κ2) is 18.5. The number of hydrogen-bond donors (Lipinski definition) is 0. The van der Waals surface area contributed by atoms with E-state index in [-0.39, 0.29) is 6.71 Å². The van der Waals surface area contributed by atoms with Crippen LogP contribution in [0.1, 0.15) is 36.1 Å². The van der Waals surface area contributed by atoms with Gasteiger partial charge in [-0.2, -0.15) is 10.5 Å². The Bertz CT molecular complexity index is 4220. The molecule has 7 heteroatoms. The molecule has 0 spiro atoms. The maximum atomic E-state index is 10.8. The highest BCUT2D eigenvalue weighted by Crippen LogP contribution is 2.56. The second-order valence-corrected chi connectivity index (χ2v) is 20.7. The average Bonchev–Trinajstić information content (AvgIpc) is 3.56. The smallest absolute Gasteiger partial charge is 0.256 e. The van der Waals surface area contributed by atoms with Crippen molar-refractivity contribution in [3.8, 4) is 57.0 Å². The molecule has 0 bridgehead atoms. The first-order valence-corrected chi connectivity index (χ1v) is 26.4. The van der Waals surface area contributed by atoms with Gasteiger partial charge in [-0.3, -0.25) is 0 Å². The molecule has 11 aromatic rings. The van der Waals surface area contributed by atoms with Crippen LogP contribution in [0.4, 0.5) is 51.2 Å². The zero-order valence-corrected chi connectivity index (χ0v) is 43.0. The molecule has 0 aliphatic carbocycles. The lowest BCUT2D eigenvalue weighted by atomic mass is 9.34. The van der Waals surface area contributed by atoms with Gasteiger partial charge in [-0.25, -0.2) is 0 Å². The van der Waals surface area contributed by atoms with Gasteiger partial charge in [-0.15, -0.1) is 0 Å². The number of benzene rings is 11. The van der Waals surface area contributed by atoms with Crippen molar-refractivity contribution in [2.75, 3.05) is 14.7 Å². The second-order valence-electron chi connectivity index (χ2n) is 20.7. The minimum atomic E-state index is -0.425. The van der Waals surface area contributed by atoms with Crippen LogP contribution >= 0.6 is 0 Å². The van der Waals surface area contributed by atoms with Crippen molar-refractivity contribution in [3.63, 3.8) is 0 Å². The Morgan fingerprint density at radius 1 is 0.423 bits per heavy atom. The maximum absolute atomic E-state index is 10.8. The molecule has 366 valence electrons. The van der Waals surface area contributed by atoms with Crippen molar-refractivity contribution in [2.45, 2.75) is 19.3 Å². The minimum Gasteiger partial charge on any atom is -0.458 e. The van der Waals surface area contributed by atoms with E-state index in [2.05, 4.69) is 271 Å². The summed E-state index contributed by atoms with van der Waals surface area (Å²) in [7, 11) is 0. The van der Waals surface area contributed by atoms with Crippen LogP contribution in [-0.4, -0.2) is 6.71 Å². The van der Waals surface area contributed by atoms with Crippen molar-refractivity contribution in [2.24, 2.45) is 0 Å². The molecule has 0 atom stereocenters. The monoisotopic (exact) mass is 997 g/mol. The molecule has 0 radical (unpaired) electrons. The van der Waals surface area contributed by atoms with E-state index in [4.69, 9.17) is 4.74 Å². The SMILES string of the molecule is CC1(C)c2ccccc2N(c2ccccc2)c2c(-c3ccc4c(c3)N(c3ccccc3-c3ccccc3)c3cccc5c3B4c3ccc(-c4cc(C#N)ccc4N(c4ccccc4)c4ccccc4)cc3O5)cc(C#N)cc21. The lowest BCUT2D eigenvalue weighted by Gasteiger charge is -2.43. The number of anilines is 9. The van der Waals surface area contributed by atoms with Gasteiger partial charge in [-0.1, -0.05) is 166 Å². The highest BCUT2D eigenvalue weighted by atomic mass is 16.5. The predicted molar refractivity (Wildman–Crippen MR) is 320 cm³/mol. The van der Waals surface area contributed by atoms with Gasteiger partial charge in [0.15, 0.2) is 0 Å². The van der Waals surface area contributed by atoms with Gasteiger partial charge in [-0.05, 0) is 147 Å². The Balaban J connectivity index is 0.995. The molecule has 0 saturated carbocycles. The number of rotatable bonds is 8. The normalized spacial score (nSPS) is 13.1. The number of nitrogens with zero attached hydrogens (tertiary/aromatic N) is 5. The molecule has 0 amide bonds. The van der Waals surface area contributed by atoms with E-state index in [1.807, 2.05) is 24.3 Å².